The van der Waals surface area contributed by atoms with Crippen molar-refractivity contribution in [3.8, 4) is 5.75 Å². The summed E-state index contributed by atoms with van der Waals surface area (Å²) < 4.78 is 5.78. The highest BCUT2D eigenvalue weighted by molar-refractivity contribution is 5.47. The molecule has 1 aromatic rings. The molecule has 0 radical (unpaired) electrons. The molecule has 0 amide bonds. The zero-order valence-corrected chi connectivity index (χ0v) is 14.2. The molecule has 118 valence electrons. The zero-order valence-electron chi connectivity index (χ0n) is 14.2. The Morgan fingerprint density at radius 1 is 1.14 bits per heavy atom. The summed E-state index contributed by atoms with van der Waals surface area (Å²) in [5.74, 6) is 2.51. The lowest BCUT2D eigenvalue weighted by molar-refractivity contribution is 0.355. The third kappa shape index (κ3) is 3.79. The molecule has 1 aromatic carbocycles. The Labute approximate surface area is 130 Å². The van der Waals surface area contributed by atoms with Crippen LogP contribution >= 0.6 is 0 Å². The van der Waals surface area contributed by atoms with Crippen LogP contribution in [0, 0.1) is 19.8 Å². The van der Waals surface area contributed by atoms with Gasteiger partial charge in [-0.15, -0.1) is 0 Å². The van der Waals surface area contributed by atoms with Crippen molar-refractivity contribution in [2.75, 3.05) is 20.2 Å². The van der Waals surface area contributed by atoms with E-state index in [4.69, 9.17) is 4.74 Å². The maximum Gasteiger partial charge on any atom is 0.125 e. The fourth-order valence-electron chi connectivity index (χ4n) is 3.74. The highest BCUT2D eigenvalue weighted by Crippen LogP contribution is 2.41. The van der Waals surface area contributed by atoms with Crippen molar-refractivity contribution in [1.82, 2.24) is 5.32 Å². The second-order valence-corrected chi connectivity index (χ2v) is 6.44. The smallest absolute Gasteiger partial charge is 0.125 e. The van der Waals surface area contributed by atoms with Gasteiger partial charge in [-0.1, -0.05) is 38.3 Å². The molecule has 2 unspecified atom stereocenters. The SMILES string of the molecule is CCNCC1CCCCCC1c1ccc(C)c(C)c1OC. The lowest BCUT2D eigenvalue weighted by atomic mass is 9.81. The number of ether oxygens (including phenoxy) is 1. The van der Waals surface area contributed by atoms with E-state index in [2.05, 4.69) is 38.2 Å². The molecule has 2 nitrogen and oxygen atoms in total. The molecule has 0 heterocycles. The van der Waals surface area contributed by atoms with E-state index in [0.717, 1.165) is 24.8 Å². The highest BCUT2D eigenvalue weighted by Gasteiger charge is 2.27. The van der Waals surface area contributed by atoms with Gasteiger partial charge in [0.15, 0.2) is 0 Å². The summed E-state index contributed by atoms with van der Waals surface area (Å²) in [6, 6.07) is 4.58. The molecule has 0 spiro atoms. The van der Waals surface area contributed by atoms with Gasteiger partial charge in [0.25, 0.3) is 0 Å². The molecular weight excluding hydrogens is 258 g/mol. The first-order valence-corrected chi connectivity index (χ1v) is 8.53. The predicted octanol–water partition coefficient (Wildman–Crippen LogP) is 4.59. The molecule has 2 rings (SSSR count). The van der Waals surface area contributed by atoms with Crippen LogP contribution in [-0.2, 0) is 0 Å². The predicted molar refractivity (Wildman–Crippen MR) is 90.3 cm³/mol. The van der Waals surface area contributed by atoms with E-state index in [9.17, 15) is 0 Å². The number of nitrogens with one attached hydrogen (secondary N) is 1. The molecule has 2 atom stereocenters. The Kier molecular flexibility index (Phi) is 6.10. The van der Waals surface area contributed by atoms with Crippen molar-refractivity contribution in [2.45, 2.75) is 58.8 Å². The highest BCUT2D eigenvalue weighted by atomic mass is 16.5. The lowest BCUT2D eigenvalue weighted by Gasteiger charge is -2.28. The van der Waals surface area contributed by atoms with E-state index in [1.807, 2.05) is 7.11 Å². The average molecular weight is 289 g/mol. The summed E-state index contributed by atoms with van der Waals surface area (Å²) in [4.78, 5) is 0. The third-order valence-corrected chi connectivity index (χ3v) is 5.13. The van der Waals surface area contributed by atoms with Gasteiger partial charge in [0.05, 0.1) is 7.11 Å². The normalized spacial score (nSPS) is 22.9. The topological polar surface area (TPSA) is 21.3 Å². The maximum atomic E-state index is 5.78. The quantitative estimate of drug-likeness (QED) is 0.801. The van der Waals surface area contributed by atoms with Gasteiger partial charge in [0.2, 0.25) is 0 Å². The van der Waals surface area contributed by atoms with Crippen LogP contribution in [-0.4, -0.2) is 20.2 Å². The minimum Gasteiger partial charge on any atom is -0.496 e. The van der Waals surface area contributed by atoms with Gasteiger partial charge in [-0.3, -0.25) is 0 Å². The maximum absolute atomic E-state index is 5.78. The van der Waals surface area contributed by atoms with Gasteiger partial charge in [-0.05, 0) is 68.3 Å². The summed E-state index contributed by atoms with van der Waals surface area (Å²) in [7, 11) is 1.82. The van der Waals surface area contributed by atoms with E-state index in [-0.39, 0.29) is 0 Å². The Balaban J connectivity index is 2.33. The van der Waals surface area contributed by atoms with Crippen LogP contribution in [0.5, 0.6) is 5.75 Å². The number of rotatable bonds is 5. The molecule has 0 aliphatic heterocycles. The number of methoxy groups -OCH3 is 1. The van der Waals surface area contributed by atoms with Crippen molar-refractivity contribution in [3.05, 3.63) is 28.8 Å². The van der Waals surface area contributed by atoms with E-state index in [1.165, 1.54) is 48.8 Å². The van der Waals surface area contributed by atoms with Gasteiger partial charge in [-0.2, -0.15) is 0 Å². The van der Waals surface area contributed by atoms with Crippen molar-refractivity contribution >= 4 is 0 Å². The van der Waals surface area contributed by atoms with Gasteiger partial charge in [0.1, 0.15) is 5.75 Å². The summed E-state index contributed by atoms with van der Waals surface area (Å²) in [5.41, 5.74) is 4.07. The number of aryl methyl sites for hydroxylation is 1. The standard InChI is InChI=1S/C19H31NO/c1-5-20-13-16-9-7-6-8-10-17(16)18-12-11-14(2)15(3)19(18)21-4/h11-12,16-17,20H,5-10,13H2,1-4H3. The minimum atomic E-state index is 0.640. The first-order chi connectivity index (χ1) is 10.2. The summed E-state index contributed by atoms with van der Waals surface area (Å²) >= 11 is 0. The van der Waals surface area contributed by atoms with E-state index in [0.29, 0.717) is 5.92 Å². The zero-order chi connectivity index (χ0) is 15.2. The molecule has 21 heavy (non-hydrogen) atoms. The minimum absolute atomic E-state index is 0.640. The molecule has 2 heteroatoms. The Bertz CT molecular complexity index is 455. The van der Waals surface area contributed by atoms with Gasteiger partial charge >= 0.3 is 0 Å². The van der Waals surface area contributed by atoms with Gasteiger partial charge in [0, 0.05) is 0 Å². The number of benzene rings is 1. The van der Waals surface area contributed by atoms with Crippen molar-refractivity contribution in [1.29, 1.82) is 0 Å². The molecule has 0 bridgehead atoms. The summed E-state index contributed by atoms with van der Waals surface area (Å²) in [6.07, 6.45) is 6.75. The van der Waals surface area contributed by atoms with Crippen LogP contribution in [0.25, 0.3) is 0 Å². The van der Waals surface area contributed by atoms with E-state index >= 15 is 0 Å². The van der Waals surface area contributed by atoms with Crippen LogP contribution in [0.1, 0.15) is 61.6 Å². The summed E-state index contributed by atoms with van der Waals surface area (Å²) in [6.45, 7) is 8.76. The first kappa shape index (κ1) is 16.4. The van der Waals surface area contributed by atoms with E-state index in [1.54, 1.807) is 0 Å². The average Bonchev–Trinajstić information content (AvgIpc) is 2.73. The van der Waals surface area contributed by atoms with Crippen LogP contribution in [0.2, 0.25) is 0 Å². The third-order valence-electron chi connectivity index (χ3n) is 5.13. The van der Waals surface area contributed by atoms with Gasteiger partial charge in [-0.25, -0.2) is 0 Å². The fraction of sp³-hybridized carbons (Fsp3) is 0.684. The Morgan fingerprint density at radius 2 is 1.90 bits per heavy atom. The van der Waals surface area contributed by atoms with Crippen LogP contribution in [0.4, 0.5) is 0 Å². The molecule has 0 aromatic heterocycles. The van der Waals surface area contributed by atoms with Crippen LogP contribution in [0.15, 0.2) is 12.1 Å². The number of hydrogen-bond acceptors (Lipinski definition) is 2. The molecule has 1 aliphatic carbocycles. The lowest BCUT2D eigenvalue weighted by Crippen LogP contribution is -2.27. The monoisotopic (exact) mass is 289 g/mol. The fourth-order valence-corrected chi connectivity index (χ4v) is 3.74. The van der Waals surface area contributed by atoms with E-state index < -0.39 is 0 Å². The van der Waals surface area contributed by atoms with Gasteiger partial charge < -0.3 is 10.1 Å². The molecule has 0 saturated heterocycles. The second-order valence-electron chi connectivity index (χ2n) is 6.44. The molecule has 1 N–H and O–H groups in total. The first-order valence-electron chi connectivity index (χ1n) is 8.53. The van der Waals surface area contributed by atoms with Crippen molar-refractivity contribution in [2.24, 2.45) is 5.92 Å². The largest absolute Gasteiger partial charge is 0.496 e. The Hall–Kier alpha value is -1.02. The Morgan fingerprint density at radius 3 is 2.62 bits per heavy atom. The summed E-state index contributed by atoms with van der Waals surface area (Å²) in [5, 5.41) is 3.57. The van der Waals surface area contributed by atoms with Crippen LogP contribution < -0.4 is 10.1 Å². The van der Waals surface area contributed by atoms with Crippen molar-refractivity contribution in [3.63, 3.8) is 0 Å². The molecule has 1 aliphatic rings. The second kappa shape index (κ2) is 7.84. The molecule has 1 fully saturated rings. The molecule has 1 saturated carbocycles. The molecular formula is C19H31NO. The van der Waals surface area contributed by atoms with Crippen LogP contribution in [0.3, 0.4) is 0 Å². The van der Waals surface area contributed by atoms with Crippen molar-refractivity contribution < 1.29 is 4.74 Å². The number of hydrogen-bond donors (Lipinski definition) is 1.